The number of benzene rings is 2. The lowest BCUT2D eigenvalue weighted by atomic mass is 10.2. The van der Waals surface area contributed by atoms with E-state index in [0.29, 0.717) is 5.02 Å². The highest BCUT2D eigenvalue weighted by Crippen LogP contribution is 2.22. The summed E-state index contributed by atoms with van der Waals surface area (Å²) in [6.45, 7) is -0.600. The Morgan fingerprint density at radius 2 is 1.73 bits per heavy atom. The van der Waals surface area contributed by atoms with Gasteiger partial charge in [0, 0.05) is 5.02 Å². The van der Waals surface area contributed by atoms with Crippen LogP contribution in [0.4, 0.5) is 0 Å². The normalized spacial score (nSPS) is 9.96. The summed E-state index contributed by atoms with van der Waals surface area (Å²) in [4.78, 5) is 35.7. The molecule has 0 aliphatic rings. The standard InChI is InChI=1S/C17H14Cl2N2O5/c1-25-14-7-6-10(18)8-12(14)16(23)21-20-15(22)9-26-17(24)11-4-2-3-5-13(11)19/h2-8H,9H2,1H3,(H,20,22)(H,21,23). The van der Waals surface area contributed by atoms with Gasteiger partial charge in [-0.15, -0.1) is 0 Å². The fourth-order valence-corrected chi connectivity index (χ4v) is 2.31. The largest absolute Gasteiger partial charge is 0.496 e. The van der Waals surface area contributed by atoms with Gasteiger partial charge in [-0.3, -0.25) is 20.4 Å². The van der Waals surface area contributed by atoms with E-state index in [1.165, 1.54) is 31.4 Å². The Kier molecular flexibility index (Phi) is 6.82. The van der Waals surface area contributed by atoms with Gasteiger partial charge in [-0.2, -0.15) is 0 Å². The number of amides is 2. The van der Waals surface area contributed by atoms with Crippen molar-refractivity contribution in [3.63, 3.8) is 0 Å². The maximum absolute atomic E-state index is 12.1. The van der Waals surface area contributed by atoms with Gasteiger partial charge in [0.1, 0.15) is 5.75 Å². The molecule has 7 nitrogen and oxygen atoms in total. The third-order valence-electron chi connectivity index (χ3n) is 3.15. The number of nitrogens with one attached hydrogen (secondary N) is 2. The van der Waals surface area contributed by atoms with Crippen molar-refractivity contribution in [2.75, 3.05) is 13.7 Å². The number of methoxy groups -OCH3 is 1. The van der Waals surface area contributed by atoms with Crippen LogP contribution in [-0.2, 0) is 9.53 Å². The molecule has 0 radical (unpaired) electrons. The van der Waals surface area contributed by atoms with Crippen LogP contribution in [0.5, 0.6) is 5.75 Å². The Labute approximate surface area is 159 Å². The summed E-state index contributed by atoms with van der Waals surface area (Å²) < 4.78 is 9.89. The van der Waals surface area contributed by atoms with Gasteiger partial charge in [-0.05, 0) is 30.3 Å². The molecule has 0 saturated heterocycles. The van der Waals surface area contributed by atoms with Crippen LogP contribution < -0.4 is 15.6 Å². The molecular weight excluding hydrogens is 383 g/mol. The molecule has 2 amide bonds. The number of esters is 1. The van der Waals surface area contributed by atoms with E-state index in [1.807, 2.05) is 0 Å². The van der Waals surface area contributed by atoms with Crippen LogP contribution in [0.1, 0.15) is 20.7 Å². The van der Waals surface area contributed by atoms with Gasteiger partial charge >= 0.3 is 5.97 Å². The predicted molar refractivity (Wildman–Crippen MR) is 95.3 cm³/mol. The van der Waals surface area contributed by atoms with Crippen molar-refractivity contribution >= 4 is 41.0 Å². The van der Waals surface area contributed by atoms with Gasteiger partial charge < -0.3 is 9.47 Å². The van der Waals surface area contributed by atoms with E-state index in [9.17, 15) is 14.4 Å². The molecule has 0 unspecified atom stereocenters. The predicted octanol–water partition coefficient (Wildman–Crippen LogP) is 2.62. The third kappa shape index (κ3) is 5.11. The summed E-state index contributed by atoms with van der Waals surface area (Å²) in [6, 6.07) is 10.7. The van der Waals surface area contributed by atoms with E-state index >= 15 is 0 Å². The van der Waals surface area contributed by atoms with Crippen LogP contribution in [0.25, 0.3) is 0 Å². The van der Waals surface area contributed by atoms with Crippen molar-refractivity contribution in [1.82, 2.24) is 10.9 Å². The van der Waals surface area contributed by atoms with Crippen molar-refractivity contribution in [2.45, 2.75) is 0 Å². The van der Waals surface area contributed by atoms with Crippen molar-refractivity contribution in [2.24, 2.45) is 0 Å². The molecule has 136 valence electrons. The van der Waals surface area contributed by atoms with E-state index in [0.717, 1.165) is 0 Å². The number of rotatable bonds is 5. The van der Waals surface area contributed by atoms with Gasteiger partial charge in [0.2, 0.25) is 0 Å². The monoisotopic (exact) mass is 396 g/mol. The molecule has 0 fully saturated rings. The highest BCUT2D eigenvalue weighted by Gasteiger charge is 2.16. The average Bonchev–Trinajstić information content (AvgIpc) is 2.64. The minimum Gasteiger partial charge on any atom is -0.496 e. The zero-order valence-corrected chi connectivity index (χ0v) is 15.1. The van der Waals surface area contributed by atoms with Gasteiger partial charge in [-0.25, -0.2) is 4.79 Å². The summed E-state index contributed by atoms with van der Waals surface area (Å²) in [7, 11) is 1.40. The Morgan fingerprint density at radius 1 is 1.00 bits per heavy atom. The Hall–Kier alpha value is -2.77. The summed E-state index contributed by atoms with van der Waals surface area (Å²) in [5, 5.41) is 0.537. The topological polar surface area (TPSA) is 93.7 Å². The SMILES string of the molecule is COc1ccc(Cl)cc1C(=O)NNC(=O)COC(=O)c1ccccc1Cl. The third-order valence-corrected chi connectivity index (χ3v) is 3.71. The Bertz CT molecular complexity index is 842. The van der Waals surface area contributed by atoms with Gasteiger partial charge in [0.15, 0.2) is 6.61 Å². The second-order valence-electron chi connectivity index (χ2n) is 4.90. The molecule has 26 heavy (non-hydrogen) atoms. The van der Waals surface area contributed by atoms with E-state index < -0.39 is 24.4 Å². The molecule has 0 saturated carbocycles. The number of ether oxygens (including phenoxy) is 2. The van der Waals surface area contributed by atoms with Gasteiger partial charge in [0.05, 0.1) is 23.3 Å². The molecule has 2 aromatic carbocycles. The lowest BCUT2D eigenvalue weighted by Crippen LogP contribution is -2.43. The highest BCUT2D eigenvalue weighted by molar-refractivity contribution is 6.33. The molecule has 0 heterocycles. The van der Waals surface area contributed by atoms with Crippen molar-refractivity contribution in [3.8, 4) is 5.75 Å². The summed E-state index contributed by atoms with van der Waals surface area (Å²) in [5.41, 5.74) is 4.57. The lowest BCUT2D eigenvalue weighted by Gasteiger charge is -2.11. The number of hydrogen-bond acceptors (Lipinski definition) is 5. The number of hydrogen-bond donors (Lipinski definition) is 2. The second-order valence-corrected chi connectivity index (χ2v) is 5.75. The van der Waals surface area contributed by atoms with Crippen LogP contribution in [0.3, 0.4) is 0 Å². The smallest absolute Gasteiger partial charge is 0.340 e. The summed E-state index contributed by atoms with van der Waals surface area (Å²) in [5.74, 6) is -1.85. The minimum atomic E-state index is -0.756. The van der Waals surface area contributed by atoms with Crippen molar-refractivity contribution < 1.29 is 23.9 Å². The zero-order chi connectivity index (χ0) is 19.1. The molecule has 2 N–H and O–H groups in total. The molecule has 0 aliphatic carbocycles. The van der Waals surface area contributed by atoms with E-state index in [1.54, 1.807) is 18.2 Å². The first-order valence-electron chi connectivity index (χ1n) is 7.26. The molecule has 0 bridgehead atoms. The van der Waals surface area contributed by atoms with Gasteiger partial charge in [-0.1, -0.05) is 35.3 Å². The first kappa shape index (κ1) is 19.6. The molecule has 0 aromatic heterocycles. The number of halogens is 2. The average molecular weight is 397 g/mol. The molecule has 0 atom stereocenters. The van der Waals surface area contributed by atoms with Crippen LogP contribution in [0.15, 0.2) is 42.5 Å². The van der Waals surface area contributed by atoms with Crippen LogP contribution in [-0.4, -0.2) is 31.5 Å². The van der Waals surface area contributed by atoms with E-state index in [-0.39, 0.29) is 21.9 Å². The molecule has 9 heteroatoms. The van der Waals surface area contributed by atoms with Gasteiger partial charge in [0.25, 0.3) is 11.8 Å². The molecular formula is C17H14Cl2N2O5. The first-order chi connectivity index (χ1) is 12.4. The molecule has 0 aliphatic heterocycles. The number of carbonyl (C=O) groups excluding carboxylic acids is 3. The van der Waals surface area contributed by atoms with Crippen LogP contribution in [0, 0.1) is 0 Å². The minimum absolute atomic E-state index is 0.133. The highest BCUT2D eigenvalue weighted by atomic mass is 35.5. The van der Waals surface area contributed by atoms with Crippen molar-refractivity contribution in [1.29, 1.82) is 0 Å². The first-order valence-corrected chi connectivity index (χ1v) is 8.02. The summed E-state index contributed by atoms with van der Waals surface area (Å²) in [6.07, 6.45) is 0. The molecule has 0 spiro atoms. The summed E-state index contributed by atoms with van der Waals surface area (Å²) >= 11 is 11.7. The fourth-order valence-electron chi connectivity index (χ4n) is 1.92. The number of carbonyl (C=O) groups is 3. The fraction of sp³-hybridized carbons (Fsp3) is 0.118. The maximum atomic E-state index is 12.1. The Morgan fingerprint density at radius 3 is 2.42 bits per heavy atom. The molecule has 2 rings (SSSR count). The quantitative estimate of drug-likeness (QED) is 0.598. The molecule has 2 aromatic rings. The van der Waals surface area contributed by atoms with Crippen molar-refractivity contribution in [3.05, 3.63) is 63.6 Å². The van der Waals surface area contributed by atoms with Crippen LogP contribution in [0.2, 0.25) is 10.0 Å². The maximum Gasteiger partial charge on any atom is 0.340 e. The van der Waals surface area contributed by atoms with E-state index in [4.69, 9.17) is 32.7 Å². The van der Waals surface area contributed by atoms with E-state index in [2.05, 4.69) is 10.9 Å². The Balaban J connectivity index is 1.87. The lowest BCUT2D eigenvalue weighted by molar-refractivity contribution is -0.125. The second kappa shape index (κ2) is 9.07. The van der Waals surface area contributed by atoms with Crippen LogP contribution >= 0.6 is 23.2 Å². The number of hydrazine groups is 1. The zero-order valence-electron chi connectivity index (χ0n) is 13.5.